The largest absolute Gasteiger partial charge is 0.494 e. The van der Waals surface area contributed by atoms with Crippen LogP contribution in [0, 0.1) is 12.8 Å². The number of urea groups is 1. The predicted octanol–water partition coefficient (Wildman–Crippen LogP) is 4.94. The highest BCUT2D eigenvalue weighted by Crippen LogP contribution is 2.27. The number of rotatable bonds is 7. The number of anilines is 1. The first kappa shape index (κ1) is 21.7. The van der Waals surface area contributed by atoms with E-state index in [1.807, 2.05) is 17.0 Å². The Hall–Kier alpha value is -3.55. The topological polar surface area (TPSA) is 93.6 Å². The van der Waals surface area contributed by atoms with E-state index in [4.69, 9.17) is 13.8 Å². The van der Waals surface area contributed by atoms with E-state index in [0.29, 0.717) is 31.1 Å². The number of aryl methyl sites for hydroxylation is 2. The fraction of sp³-hybridized carbons (Fsp3) is 0.375. The third kappa shape index (κ3) is 5.57. The van der Waals surface area contributed by atoms with E-state index >= 15 is 0 Å². The van der Waals surface area contributed by atoms with E-state index in [1.54, 1.807) is 19.4 Å². The Morgan fingerprint density at radius 2 is 2.25 bits per heavy atom. The fourth-order valence-electron chi connectivity index (χ4n) is 3.79. The summed E-state index contributed by atoms with van der Waals surface area (Å²) in [5.74, 6) is 1.73. The summed E-state index contributed by atoms with van der Waals surface area (Å²) in [4.78, 5) is 14.4. The number of hydrogen-bond acceptors (Lipinski definition) is 6. The Morgan fingerprint density at radius 3 is 3.00 bits per heavy atom. The molecular formula is C24H28N4O4. The minimum atomic E-state index is -0.121. The van der Waals surface area contributed by atoms with Crippen molar-refractivity contribution in [1.29, 1.82) is 0 Å². The van der Waals surface area contributed by atoms with Crippen LogP contribution in [-0.4, -0.2) is 40.9 Å². The Kier molecular flexibility index (Phi) is 6.89. The van der Waals surface area contributed by atoms with Gasteiger partial charge in [-0.15, -0.1) is 0 Å². The number of carbonyl (C=O) groups excluding carboxylic acids is 1. The molecule has 2 aromatic heterocycles. The zero-order valence-corrected chi connectivity index (χ0v) is 18.4. The quantitative estimate of drug-likeness (QED) is 0.527. The summed E-state index contributed by atoms with van der Waals surface area (Å²) >= 11 is 0. The van der Waals surface area contributed by atoms with Gasteiger partial charge in [-0.25, -0.2) is 4.79 Å². The van der Waals surface area contributed by atoms with E-state index in [-0.39, 0.29) is 11.9 Å². The van der Waals surface area contributed by atoms with Gasteiger partial charge in [0.05, 0.1) is 19.0 Å². The molecule has 1 aromatic carbocycles. The van der Waals surface area contributed by atoms with Gasteiger partial charge < -0.3 is 24.0 Å². The zero-order chi connectivity index (χ0) is 22.3. The third-order valence-electron chi connectivity index (χ3n) is 5.65. The number of ether oxygens (including phenoxy) is 1. The Bertz CT molecular complexity index is 1060. The summed E-state index contributed by atoms with van der Waals surface area (Å²) in [7, 11) is 0. The summed E-state index contributed by atoms with van der Waals surface area (Å²) in [6.45, 7) is 5.90. The summed E-state index contributed by atoms with van der Waals surface area (Å²) in [5.41, 5.74) is 4.14. The van der Waals surface area contributed by atoms with Crippen molar-refractivity contribution in [2.24, 2.45) is 5.92 Å². The van der Waals surface area contributed by atoms with Crippen LogP contribution in [-0.2, 0) is 6.42 Å². The number of piperidine rings is 1. The molecule has 32 heavy (non-hydrogen) atoms. The highest BCUT2D eigenvalue weighted by atomic mass is 16.5. The molecule has 1 N–H and O–H groups in total. The molecule has 3 heterocycles. The fourth-order valence-corrected chi connectivity index (χ4v) is 3.79. The highest BCUT2D eigenvalue weighted by molar-refractivity contribution is 5.89. The molecule has 1 aliphatic heterocycles. The summed E-state index contributed by atoms with van der Waals surface area (Å²) in [6, 6.07) is 8.01. The first-order valence-electron chi connectivity index (χ1n) is 10.9. The van der Waals surface area contributed by atoms with E-state index in [1.165, 1.54) is 11.8 Å². The lowest BCUT2D eigenvalue weighted by molar-refractivity contribution is 0.197. The molecule has 0 radical (unpaired) electrons. The molecular weight excluding hydrogens is 408 g/mol. The minimum absolute atomic E-state index is 0.121. The molecule has 1 unspecified atom stereocenters. The highest BCUT2D eigenvalue weighted by Gasteiger charge is 2.25. The van der Waals surface area contributed by atoms with Crippen molar-refractivity contribution in [2.45, 2.75) is 33.1 Å². The van der Waals surface area contributed by atoms with E-state index in [2.05, 4.69) is 40.8 Å². The van der Waals surface area contributed by atoms with Gasteiger partial charge in [0, 0.05) is 18.7 Å². The molecule has 0 bridgehead atoms. The second-order valence-electron chi connectivity index (χ2n) is 8.10. The number of carbonyl (C=O) groups is 1. The molecule has 1 fully saturated rings. The van der Waals surface area contributed by atoms with Crippen LogP contribution in [0.2, 0.25) is 0 Å². The smallest absolute Gasteiger partial charge is 0.322 e. The lowest BCUT2D eigenvalue weighted by Crippen LogP contribution is -2.42. The monoisotopic (exact) mass is 436 g/mol. The third-order valence-corrected chi connectivity index (χ3v) is 5.65. The van der Waals surface area contributed by atoms with Gasteiger partial charge in [-0.1, -0.05) is 41.0 Å². The van der Waals surface area contributed by atoms with Crippen LogP contribution in [0.25, 0.3) is 6.08 Å². The van der Waals surface area contributed by atoms with Crippen LogP contribution in [0.1, 0.15) is 36.7 Å². The van der Waals surface area contributed by atoms with Crippen LogP contribution >= 0.6 is 0 Å². The van der Waals surface area contributed by atoms with Gasteiger partial charge >= 0.3 is 6.03 Å². The molecule has 2 amide bonds. The number of benzene rings is 1. The maximum Gasteiger partial charge on any atom is 0.322 e. The number of amides is 2. The van der Waals surface area contributed by atoms with Crippen LogP contribution < -0.4 is 10.1 Å². The van der Waals surface area contributed by atoms with E-state index in [0.717, 1.165) is 36.1 Å². The number of likely N-dealkylation sites (tertiary alicyclic amines) is 1. The first-order valence-corrected chi connectivity index (χ1v) is 10.9. The predicted molar refractivity (Wildman–Crippen MR) is 120 cm³/mol. The van der Waals surface area contributed by atoms with Crippen molar-refractivity contribution >= 4 is 17.8 Å². The van der Waals surface area contributed by atoms with Crippen molar-refractivity contribution in [3.63, 3.8) is 0 Å². The van der Waals surface area contributed by atoms with Gasteiger partial charge in [0.2, 0.25) is 0 Å². The molecule has 1 atom stereocenters. The normalized spacial score (nSPS) is 17.5. The Balaban J connectivity index is 1.29. The number of hydrogen-bond donors (Lipinski definition) is 1. The summed E-state index contributed by atoms with van der Waals surface area (Å²) in [6.07, 6.45) is 9.75. The Morgan fingerprint density at radius 1 is 1.34 bits per heavy atom. The van der Waals surface area contributed by atoms with Crippen LogP contribution in [0.4, 0.5) is 10.5 Å². The molecule has 0 saturated carbocycles. The average molecular weight is 437 g/mol. The maximum atomic E-state index is 12.6. The van der Waals surface area contributed by atoms with Crippen molar-refractivity contribution < 1.29 is 18.6 Å². The number of nitrogens with one attached hydrogen (secondary N) is 1. The zero-order valence-electron chi connectivity index (χ0n) is 18.4. The van der Waals surface area contributed by atoms with Crippen LogP contribution in [0.15, 0.2) is 57.5 Å². The standard InChI is InChI=1S/C24H28N4O4/c1-17-15-28(24(29)27-23-14-26-32-18(23)2)9-8-21(17)11-19-5-3-7-22(12-19)30-10-4-6-20-13-25-31-16-20/h3,5,7,11-14,16-17H,4,6,8-10,15H2,1-2H3,(H,27,29). The van der Waals surface area contributed by atoms with Gasteiger partial charge in [-0.05, 0) is 49.8 Å². The van der Waals surface area contributed by atoms with Crippen molar-refractivity contribution in [3.05, 3.63) is 65.4 Å². The molecule has 8 nitrogen and oxygen atoms in total. The Labute approximate surface area is 187 Å². The van der Waals surface area contributed by atoms with Crippen LogP contribution in [0.5, 0.6) is 5.75 Å². The second-order valence-corrected chi connectivity index (χ2v) is 8.10. The molecule has 0 spiro atoms. The van der Waals surface area contributed by atoms with Crippen molar-refractivity contribution in [1.82, 2.24) is 15.2 Å². The van der Waals surface area contributed by atoms with Crippen molar-refractivity contribution in [2.75, 3.05) is 25.0 Å². The average Bonchev–Trinajstić information content (AvgIpc) is 3.45. The molecule has 8 heteroatoms. The van der Waals surface area contributed by atoms with Gasteiger partial charge in [0.15, 0.2) is 5.76 Å². The SMILES string of the molecule is Cc1oncc1NC(=O)N1CCC(=Cc2cccc(OCCCc3cnoc3)c2)C(C)C1. The summed E-state index contributed by atoms with van der Waals surface area (Å²) < 4.78 is 15.8. The molecule has 1 aliphatic rings. The van der Waals surface area contributed by atoms with Gasteiger partial charge in [-0.2, -0.15) is 0 Å². The second kappa shape index (κ2) is 10.2. The number of aromatic nitrogens is 2. The molecule has 168 valence electrons. The lowest BCUT2D eigenvalue weighted by Gasteiger charge is -2.33. The first-order chi connectivity index (χ1) is 15.6. The number of nitrogens with zero attached hydrogens (tertiary/aromatic N) is 3. The maximum absolute atomic E-state index is 12.6. The molecule has 0 aliphatic carbocycles. The van der Waals surface area contributed by atoms with Gasteiger partial charge in [-0.3, -0.25) is 0 Å². The van der Waals surface area contributed by atoms with Crippen LogP contribution in [0.3, 0.4) is 0 Å². The summed E-state index contributed by atoms with van der Waals surface area (Å²) in [5, 5.41) is 10.3. The van der Waals surface area contributed by atoms with E-state index in [9.17, 15) is 4.79 Å². The lowest BCUT2D eigenvalue weighted by atomic mass is 9.91. The van der Waals surface area contributed by atoms with Crippen molar-refractivity contribution in [3.8, 4) is 5.75 Å². The minimum Gasteiger partial charge on any atom is -0.494 e. The van der Waals surface area contributed by atoms with E-state index < -0.39 is 0 Å². The molecule has 3 aromatic rings. The van der Waals surface area contributed by atoms with Gasteiger partial charge in [0.25, 0.3) is 0 Å². The molecule has 4 rings (SSSR count). The van der Waals surface area contributed by atoms with Gasteiger partial charge in [0.1, 0.15) is 17.7 Å². The molecule has 1 saturated heterocycles.